The number of nitro groups is 1. The summed E-state index contributed by atoms with van der Waals surface area (Å²) in [5.74, 6) is -0.156. The van der Waals surface area contributed by atoms with Crippen molar-refractivity contribution in [3.8, 4) is 0 Å². The van der Waals surface area contributed by atoms with Gasteiger partial charge in [0.05, 0.1) is 16.4 Å². The van der Waals surface area contributed by atoms with Crippen molar-refractivity contribution in [3.05, 3.63) is 58.1 Å². The van der Waals surface area contributed by atoms with Gasteiger partial charge in [-0.2, -0.15) is 0 Å². The van der Waals surface area contributed by atoms with Crippen LogP contribution >= 0.6 is 11.8 Å². The molecule has 0 aliphatic rings. The molecule has 0 aromatic heterocycles. The molecule has 2 aromatic rings. The molecule has 27 heavy (non-hydrogen) atoms. The fourth-order valence-corrected chi connectivity index (χ4v) is 3.06. The molecule has 7 nitrogen and oxygen atoms in total. The minimum absolute atomic E-state index is 0.0430. The SMILES string of the molecule is CCCC(=O)Nc1cccc(SCC(=O)Nc2cc([N+](=O)[O-])ccc2C)c1. The molecule has 2 aromatic carbocycles. The van der Waals surface area contributed by atoms with Crippen LogP contribution in [0.25, 0.3) is 0 Å². The van der Waals surface area contributed by atoms with E-state index < -0.39 is 4.92 Å². The van der Waals surface area contributed by atoms with Crippen LogP contribution in [0, 0.1) is 17.0 Å². The first kappa shape index (κ1) is 20.4. The van der Waals surface area contributed by atoms with E-state index in [1.807, 2.05) is 25.1 Å². The molecule has 0 heterocycles. The van der Waals surface area contributed by atoms with Crippen molar-refractivity contribution in [2.75, 3.05) is 16.4 Å². The van der Waals surface area contributed by atoms with Gasteiger partial charge in [-0.3, -0.25) is 19.7 Å². The van der Waals surface area contributed by atoms with Crippen LogP contribution in [0.1, 0.15) is 25.3 Å². The lowest BCUT2D eigenvalue weighted by molar-refractivity contribution is -0.384. The molecule has 0 radical (unpaired) electrons. The molecule has 0 saturated carbocycles. The summed E-state index contributed by atoms with van der Waals surface area (Å²) in [4.78, 5) is 35.1. The molecule has 8 heteroatoms. The van der Waals surface area contributed by atoms with Gasteiger partial charge in [0.25, 0.3) is 5.69 Å². The number of nitro benzene ring substituents is 1. The molecule has 0 saturated heterocycles. The Hall–Kier alpha value is -2.87. The molecule has 0 unspecified atom stereocenters. The summed E-state index contributed by atoms with van der Waals surface area (Å²) in [5.41, 5.74) is 1.79. The summed E-state index contributed by atoms with van der Waals surface area (Å²) < 4.78 is 0. The predicted molar refractivity (Wildman–Crippen MR) is 107 cm³/mol. The predicted octanol–water partition coefficient (Wildman–Crippen LogP) is 4.37. The first-order valence-electron chi connectivity index (χ1n) is 8.46. The second kappa shape index (κ2) is 9.72. The first-order chi connectivity index (χ1) is 12.9. The lowest BCUT2D eigenvalue weighted by Crippen LogP contribution is -2.15. The van der Waals surface area contributed by atoms with Crippen molar-refractivity contribution in [2.45, 2.75) is 31.6 Å². The summed E-state index contributed by atoms with van der Waals surface area (Å²) >= 11 is 1.32. The van der Waals surface area contributed by atoms with Crippen LogP contribution in [0.3, 0.4) is 0 Å². The largest absolute Gasteiger partial charge is 0.326 e. The van der Waals surface area contributed by atoms with Crippen LogP contribution in [0.5, 0.6) is 0 Å². The van der Waals surface area contributed by atoms with E-state index in [2.05, 4.69) is 10.6 Å². The van der Waals surface area contributed by atoms with Gasteiger partial charge in [-0.1, -0.05) is 19.1 Å². The molecule has 2 amide bonds. The Labute approximate surface area is 161 Å². The highest BCUT2D eigenvalue weighted by molar-refractivity contribution is 8.00. The van der Waals surface area contributed by atoms with E-state index in [0.29, 0.717) is 17.8 Å². The van der Waals surface area contributed by atoms with E-state index in [1.165, 1.54) is 23.9 Å². The molecule has 0 atom stereocenters. The molecular weight excluding hydrogens is 366 g/mol. The lowest BCUT2D eigenvalue weighted by atomic mass is 10.2. The number of thioether (sulfide) groups is 1. The third kappa shape index (κ3) is 6.41. The monoisotopic (exact) mass is 387 g/mol. The summed E-state index contributed by atoms with van der Waals surface area (Å²) in [7, 11) is 0. The highest BCUT2D eigenvalue weighted by atomic mass is 32.2. The molecule has 0 aliphatic heterocycles. The van der Waals surface area contributed by atoms with Crippen LogP contribution in [-0.4, -0.2) is 22.5 Å². The van der Waals surface area contributed by atoms with E-state index in [-0.39, 0.29) is 23.3 Å². The average molecular weight is 387 g/mol. The zero-order chi connectivity index (χ0) is 19.8. The maximum Gasteiger partial charge on any atom is 0.271 e. The number of rotatable bonds is 8. The van der Waals surface area contributed by atoms with Gasteiger partial charge in [-0.05, 0) is 37.1 Å². The molecular formula is C19H21N3O4S. The Kier molecular flexibility index (Phi) is 7.36. The van der Waals surface area contributed by atoms with Gasteiger partial charge in [-0.25, -0.2) is 0 Å². The van der Waals surface area contributed by atoms with Gasteiger partial charge < -0.3 is 10.6 Å². The maximum atomic E-state index is 12.2. The Balaban J connectivity index is 1.95. The number of benzene rings is 2. The van der Waals surface area contributed by atoms with Crippen molar-refractivity contribution in [3.63, 3.8) is 0 Å². The number of hydrogen-bond donors (Lipinski definition) is 2. The minimum Gasteiger partial charge on any atom is -0.326 e. The van der Waals surface area contributed by atoms with Crippen LogP contribution < -0.4 is 10.6 Å². The number of amides is 2. The van der Waals surface area contributed by atoms with Crippen LogP contribution in [-0.2, 0) is 9.59 Å². The highest BCUT2D eigenvalue weighted by Crippen LogP contribution is 2.24. The number of non-ortho nitro benzene ring substituents is 1. The Bertz CT molecular complexity index is 855. The smallest absolute Gasteiger partial charge is 0.271 e. The number of anilines is 2. The number of carbonyl (C=O) groups is 2. The molecule has 0 fully saturated rings. The van der Waals surface area contributed by atoms with E-state index in [1.54, 1.807) is 19.1 Å². The zero-order valence-electron chi connectivity index (χ0n) is 15.2. The number of carbonyl (C=O) groups excluding carboxylic acids is 2. The summed E-state index contributed by atoms with van der Waals surface area (Å²) in [6.45, 7) is 3.71. The Morgan fingerprint density at radius 3 is 2.59 bits per heavy atom. The topological polar surface area (TPSA) is 101 Å². The van der Waals surface area contributed by atoms with Gasteiger partial charge in [0.2, 0.25) is 11.8 Å². The van der Waals surface area contributed by atoms with E-state index in [4.69, 9.17) is 0 Å². The zero-order valence-corrected chi connectivity index (χ0v) is 16.0. The third-order valence-corrected chi connectivity index (χ3v) is 4.66. The van der Waals surface area contributed by atoms with Gasteiger partial charge in [-0.15, -0.1) is 11.8 Å². The fraction of sp³-hybridized carbons (Fsp3) is 0.263. The normalized spacial score (nSPS) is 10.3. The quantitative estimate of drug-likeness (QED) is 0.398. The first-order valence-corrected chi connectivity index (χ1v) is 9.45. The number of aryl methyl sites for hydroxylation is 1. The molecule has 2 N–H and O–H groups in total. The van der Waals surface area contributed by atoms with Crippen molar-refractivity contribution in [1.82, 2.24) is 0 Å². The summed E-state index contributed by atoms with van der Waals surface area (Å²) in [5, 5.41) is 16.4. The number of hydrogen-bond acceptors (Lipinski definition) is 5. The molecule has 2 rings (SSSR count). The van der Waals surface area contributed by atoms with E-state index in [9.17, 15) is 19.7 Å². The lowest BCUT2D eigenvalue weighted by Gasteiger charge is -2.09. The highest BCUT2D eigenvalue weighted by Gasteiger charge is 2.11. The van der Waals surface area contributed by atoms with E-state index >= 15 is 0 Å². The summed E-state index contributed by atoms with van der Waals surface area (Å²) in [6.07, 6.45) is 1.24. The maximum absolute atomic E-state index is 12.2. The second-order valence-corrected chi connectivity index (χ2v) is 6.97. The fourth-order valence-electron chi connectivity index (χ4n) is 2.31. The van der Waals surface area contributed by atoms with Gasteiger partial charge in [0, 0.05) is 29.1 Å². The van der Waals surface area contributed by atoms with Gasteiger partial charge in [0.15, 0.2) is 0 Å². The number of nitrogens with one attached hydrogen (secondary N) is 2. The molecule has 0 bridgehead atoms. The van der Waals surface area contributed by atoms with Crippen LogP contribution in [0.2, 0.25) is 0 Å². The van der Waals surface area contributed by atoms with Crippen molar-refractivity contribution >= 4 is 40.6 Å². The number of nitrogens with zero attached hydrogens (tertiary/aromatic N) is 1. The van der Waals surface area contributed by atoms with Gasteiger partial charge in [0.1, 0.15) is 0 Å². The average Bonchev–Trinajstić information content (AvgIpc) is 2.62. The Morgan fingerprint density at radius 2 is 1.89 bits per heavy atom. The van der Waals surface area contributed by atoms with Crippen LogP contribution in [0.4, 0.5) is 17.1 Å². The van der Waals surface area contributed by atoms with E-state index in [0.717, 1.165) is 16.9 Å². The van der Waals surface area contributed by atoms with Crippen molar-refractivity contribution < 1.29 is 14.5 Å². The standard InChI is InChI=1S/C19H21N3O4S/c1-3-5-18(23)20-14-6-4-7-16(10-14)27-12-19(24)21-17-11-15(22(25)26)9-8-13(17)2/h4,6-11H,3,5,12H2,1-2H3,(H,20,23)(H,21,24). The second-order valence-electron chi connectivity index (χ2n) is 5.92. The minimum atomic E-state index is -0.498. The Morgan fingerprint density at radius 1 is 1.11 bits per heavy atom. The molecule has 0 aliphatic carbocycles. The van der Waals surface area contributed by atoms with Gasteiger partial charge >= 0.3 is 0 Å². The third-order valence-electron chi connectivity index (χ3n) is 3.67. The molecule has 142 valence electrons. The van der Waals surface area contributed by atoms with Crippen molar-refractivity contribution in [2.24, 2.45) is 0 Å². The van der Waals surface area contributed by atoms with Crippen LogP contribution in [0.15, 0.2) is 47.4 Å². The van der Waals surface area contributed by atoms with Crippen molar-refractivity contribution in [1.29, 1.82) is 0 Å². The summed E-state index contributed by atoms with van der Waals surface area (Å²) in [6, 6.07) is 11.6. The molecule has 0 spiro atoms.